The minimum Gasteiger partial charge on any atom is -0.463 e. The van der Waals surface area contributed by atoms with Crippen molar-refractivity contribution in [2.75, 3.05) is 26.4 Å². The molecule has 0 rings (SSSR count). The Morgan fingerprint density at radius 3 is 1.89 bits per heavy atom. The van der Waals surface area contributed by atoms with Crippen LogP contribution in [0.2, 0.25) is 0 Å². The van der Waals surface area contributed by atoms with Crippen LogP contribution >= 0.6 is 7.82 Å². The molecule has 0 aromatic rings. The first-order valence-corrected chi connectivity index (χ1v) is 15.7. The summed E-state index contributed by atoms with van der Waals surface area (Å²) in [6.07, 6.45) is 31.1. The maximum atomic E-state index is 11.8. The topological polar surface area (TPSA) is 128 Å². The fraction of sp³-hybridized carbons (Fsp3) is 0.690. The highest BCUT2D eigenvalue weighted by molar-refractivity contribution is 7.47. The van der Waals surface area contributed by atoms with Crippen LogP contribution in [0.4, 0.5) is 0 Å². The number of hydrogen-bond donors (Lipinski definition) is 3. The first kappa shape index (κ1) is 36.5. The molecule has 0 heterocycles. The van der Waals surface area contributed by atoms with Gasteiger partial charge in [0.25, 0.3) is 0 Å². The number of nitrogens with two attached hydrogens (primary N) is 1. The second-order valence-corrected chi connectivity index (χ2v) is 10.5. The van der Waals surface area contributed by atoms with Crippen LogP contribution in [0.15, 0.2) is 48.6 Å². The number of phosphoric acid groups is 1. The summed E-state index contributed by atoms with van der Waals surface area (Å²) in [6, 6.07) is 0. The Balaban J connectivity index is 3.49. The number of unbranched alkanes of at least 4 members (excludes halogenated alkanes) is 8. The molecule has 0 aliphatic heterocycles. The first-order chi connectivity index (χ1) is 18.4. The lowest BCUT2D eigenvalue weighted by Crippen LogP contribution is -2.23. The van der Waals surface area contributed by atoms with Crippen LogP contribution in [0.5, 0.6) is 0 Å². The third kappa shape index (κ3) is 27.5. The normalized spacial score (nSPS) is 14.7. The minimum absolute atomic E-state index is 0.0708. The van der Waals surface area contributed by atoms with Crippen molar-refractivity contribution in [2.45, 2.75) is 103 Å². The lowest BCUT2D eigenvalue weighted by atomic mass is 10.1. The molecule has 0 saturated carbocycles. The molecule has 9 heteroatoms. The van der Waals surface area contributed by atoms with Crippen molar-refractivity contribution >= 4 is 13.8 Å². The fourth-order valence-corrected chi connectivity index (χ4v) is 4.16. The molecular formula is C29H52NO7P. The van der Waals surface area contributed by atoms with Gasteiger partial charge in [0.1, 0.15) is 12.7 Å². The van der Waals surface area contributed by atoms with Crippen molar-refractivity contribution in [3.05, 3.63) is 48.6 Å². The summed E-state index contributed by atoms with van der Waals surface area (Å²) in [4.78, 5) is 21.1. The van der Waals surface area contributed by atoms with Gasteiger partial charge in [-0.05, 0) is 44.9 Å². The molecular weight excluding hydrogens is 505 g/mol. The molecule has 0 fully saturated rings. The summed E-state index contributed by atoms with van der Waals surface area (Å²) in [5.74, 6) is -0.397. The summed E-state index contributed by atoms with van der Waals surface area (Å²) in [5.41, 5.74) is 5.18. The summed E-state index contributed by atoms with van der Waals surface area (Å²) in [5, 5.41) is 9.71. The predicted molar refractivity (Wildman–Crippen MR) is 155 cm³/mol. The largest absolute Gasteiger partial charge is 0.472 e. The standard InChI is InChI=1S/C29H52NO7P/c1-2-3-4-5-6-7-8-9-10-11-12-13-14-15-16-17-18-19-20-21-22-23-29(32)35-26-28(31)27-37-38(33,34)36-25-24-30/h3-4,6-7,9-10,12-13,28,31H,2,5,8,11,14-27,30H2,1H3,(H,33,34)/b4-3-,7-6-,10-9-,13-12-. The van der Waals surface area contributed by atoms with Crippen LogP contribution in [0, 0.1) is 0 Å². The van der Waals surface area contributed by atoms with Crippen molar-refractivity contribution in [1.82, 2.24) is 0 Å². The molecule has 38 heavy (non-hydrogen) atoms. The second kappa shape index (κ2) is 27.0. The number of carbonyl (C=O) groups excluding carboxylic acids is 1. The third-order valence-corrected chi connectivity index (χ3v) is 6.44. The monoisotopic (exact) mass is 557 g/mol. The van der Waals surface area contributed by atoms with E-state index in [0.717, 1.165) is 51.4 Å². The van der Waals surface area contributed by atoms with E-state index in [1.165, 1.54) is 32.1 Å². The van der Waals surface area contributed by atoms with Crippen LogP contribution in [0.3, 0.4) is 0 Å². The number of hydrogen-bond acceptors (Lipinski definition) is 7. The Hall–Kier alpha value is -1.54. The van der Waals surface area contributed by atoms with Gasteiger partial charge in [0.2, 0.25) is 0 Å². The van der Waals surface area contributed by atoms with E-state index in [9.17, 15) is 19.4 Å². The van der Waals surface area contributed by atoms with Crippen LogP contribution in [-0.4, -0.2) is 48.4 Å². The summed E-state index contributed by atoms with van der Waals surface area (Å²) in [6.45, 7) is 1.31. The number of aliphatic hydroxyl groups excluding tert-OH is 1. The number of rotatable bonds is 26. The Labute approximate surface area is 230 Å². The van der Waals surface area contributed by atoms with Gasteiger partial charge in [0.05, 0.1) is 13.2 Å². The summed E-state index contributed by atoms with van der Waals surface area (Å²) < 4.78 is 25.6. The summed E-state index contributed by atoms with van der Waals surface area (Å²) >= 11 is 0. The number of allylic oxidation sites excluding steroid dienone is 8. The van der Waals surface area contributed by atoms with Gasteiger partial charge < -0.3 is 20.5 Å². The fourth-order valence-electron chi connectivity index (χ4n) is 3.38. The molecule has 0 aliphatic rings. The van der Waals surface area contributed by atoms with Gasteiger partial charge in [0.15, 0.2) is 0 Å². The number of esters is 1. The average Bonchev–Trinajstić information content (AvgIpc) is 2.90. The van der Waals surface area contributed by atoms with Gasteiger partial charge in [-0.2, -0.15) is 0 Å². The highest BCUT2D eigenvalue weighted by Crippen LogP contribution is 2.42. The van der Waals surface area contributed by atoms with Crippen LogP contribution in [-0.2, 0) is 23.1 Å². The van der Waals surface area contributed by atoms with Gasteiger partial charge in [-0.25, -0.2) is 4.57 Å². The zero-order valence-corrected chi connectivity index (χ0v) is 24.3. The molecule has 0 radical (unpaired) electrons. The molecule has 0 aromatic heterocycles. The molecule has 8 nitrogen and oxygen atoms in total. The minimum atomic E-state index is -4.25. The molecule has 0 aromatic carbocycles. The predicted octanol–water partition coefficient (Wildman–Crippen LogP) is 6.69. The zero-order chi connectivity index (χ0) is 28.2. The maximum Gasteiger partial charge on any atom is 0.472 e. The average molecular weight is 558 g/mol. The van der Waals surface area contributed by atoms with E-state index in [0.29, 0.717) is 6.42 Å². The zero-order valence-electron chi connectivity index (χ0n) is 23.4. The van der Waals surface area contributed by atoms with Crippen molar-refractivity contribution in [3.63, 3.8) is 0 Å². The van der Waals surface area contributed by atoms with E-state index < -0.39 is 26.5 Å². The van der Waals surface area contributed by atoms with E-state index in [1.807, 2.05) is 0 Å². The van der Waals surface area contributed by atoms with Crippen molar-refractivity contribution < 1.29 is 33.1 Å². The smallest absolute Gasteiger partial charge is 0.463 e. The molecule has 220 valence electrons. The van der Waals surface area contributed by atoms with Crippen LogP contribution < -0.4 is 5.73 Å². The van der Waals surface area contributed by atoms with Gasteiger partial charge in [-0.15, -0.1) is 0 Å². The maximum absolute atomic E-state index is 11.8. The van der Waals surface area contributed by atoms with Crippen molar-refractivity contribution in [1.29, 1.82) is 0 Å². The molecule has 4 N–H and O–H groups in total. The van der Waals surface area contributed by atoms with E-state index >= 15 is 0 Å². The molecule has 0 aliphatic carbocycles. The number of aliphatic hydroxyl groups is 1. The molecule has 2 atom stereocenters. The molecule has 0 spiro atoms. The number of carbonyl (C=O) groups is 1. The van der Waals surface area contributed by atoms with E-state index in [2.05, 4.69) is 64.6 Å². The Morgan fingerprint density at radius 1 is 0.789 bits per heavy atom. The Kier molecular flexibility index (Phi) is 25.9. The molecule has 2 unspecified atom stereocenters. The highest BCUT2D eigenvalue weighted by Gasteiger charge is 2.22. The van der Waals surface area contributed by atoms with Crippen LogP contribution in [0.25, 0.3) is 0 Å². The van der Waals surface area contributed by atoms with Crippen molar-refractivity contribution in [2.24, 2.45) is 5.73 Å². The van der Waals surface area contributed by atoms with E-state index in [4.69, 9.17) is 10.5 Å². The Morgan fingerprint density at radius 2 is 1.32 bits per heavy atom. The van der Waals surface area contributed by atoms with Crippen molar-refractivity contribution in [3.8, 4) is 0 Å². The van der Waals surface area contributed by atoms with E-state index in [1.54, 1.807) is 0 Å². The third-order valence-electron chi connectivity index (χ3n) is 5.46. The van der Waals surface area contributed by atoms with Gasteiger partial charge in [0, 0.05) is 13.0 Å². The lowest BCUT2D eigenvalue weighted by molar-refractivity contribution is -0.147. The van der Waals surface area contributed by atoms with Gasteiger partial charge in [-0.1, -0.05) is 94.1 Å². The van der Waals surface area contributed by atoms with Crippen LogP contribution in [0.1, 0.15) is 96.8 Å². The molecule has 0 bridgehead atoms. The summed E-state index contributed by atoms with van der Waals surface area (Å²) in [7, 11) is -4.25. The van der Waals surface area contributed by atoms with E-state index in [-0.39, 0.29) is 19.8 Å². The lowest BCUT2D eigenvalue weighted by Gasteiger charge is -2.15. The highest BCUT2D eigenvalue weighted by atomic mass is 31.2. The Bertz CT molecular complexity index is 722. The quantitative estimate of drug-likeness (QED) is 0.0464. The SMILES string of the molecule is CC/C=C\C/C=C\C/C=C\C/C=C\CCCCCCCCCCC(=O)OCC(O)COP(=O)(O)OCCN. The molecule has 0 saturated heterocycles. The van der Waals surface area contributed by atoms with Gasteiger partial charge >= 0.3 is 13.8 Å². The second-order valence-electron chi connectivity index (χ2n) is 9.09. The van der Waals surface area contributed by atoms with Gasteiger partial charge in [-0.3, -0.25) is 13.8 Å². The number of phosphoric ester groups is 1. The molecule has 0 amide bonds. The first-order valence-electron chi connectivity index (χ1n) is 14.2. The number of ether oxygens (including phenoxy) is 1.